The maximum atomic E-state index is 13.7. The Morgan fingerprint density at radius 3 is 2.20 bits per heavy atom. The van der Waals surface area contributed by atoms with Crippen LogP contribution in [0.3, 0.4) is 0 Å². The van der Waals surface area contributed by atoms with Crippen molar-refractivity contribution in [2.45, 2.75) is 24.8 Å². The summed E-state index contributed by atoms with van der Waals surface area (Å²) in [6, 6.07) is 2.73. The molecule has 2 unspecified atom stereocenters. The van der Waals surface area contributed by atoms with E-state index in [4.69, 9.17) is 10.2 Å². The van der Waals surface area contributed by atoms with Gasteiger partial charge in [-0.2, -0.15) is 0 Å². The first kappa shape index (κ1) is 19.9. The van der Waals surface area contributed by atoms with E-state index in [0.717, 1.165) is 6.07 Å². The quantitative estimate of drug-likeness (QED) is 0.434. The van der Waals surface area contributed by atoms with E-state index in [9.17, 15) is 28.7 Å². The summed E-state index contributed by atoms with van der Waals surface area (Å²) in [4.78, 5) is 44.5. The molecule has 2 amide bonds. The van der Waals surface area contributed by atoms with Gasteiger partial charge in [-0.05, 0) is 12.5 Å². The molecule has 0 aliphatic heterocycles. The number of nitrogens with one attached hydrogen (secondary N) is 2. The van der Waals surface area contributed by atoms with Gasteiger partial charge in [0.15, 0.2) is 0 Å². The Hall–Kier alpha value is -3.17. The summed E-state index contributed by atoms with van der Waals surface area (Å²) in [5, 5.41) is 30.9. The van der Waals surface area contributed by atoms with Crippen molar-refractivity contribution in [2.24, 2.45) is 0 Å². The summed E-state index contributed by atoms with van der Waals surface area (Å²) in [5.74, 6) is -6.14. The van der Waals surface area contributed by atoms with Crippen molar-refractivity contribution in [2.75, 3.05) is 6.54 Å². The number of benzene rings is 1. The van der Waals surface area contributed by atoms with Crippen LogP contribution in [0.4, 0.5) is 9.18 Å². The number of carbonyl (C=O) groups is 4. The zero-order valence-corrected chi connectivity index (χ0v) is 12.9. The molecule has 0 saturated heterocycles. The van der Waals surface area contributed by atoms with Gasteiger partial charge in [-0.1, -0.05) is 18.2 Å². The molecule has 0 saturated carbocycles. The van der Waals surface area contributed by atoms with Crippen LogP contribution in [0.1, 0.15) is 24.3 Å². The molecule has 2 atom stereocenters. The van der Waals surface area contributed by atoms with Crippen molar-refractivity contribution < 1.29 is 38.9 Å². The van der Waals surface area contributed by atoms with E-state index in [2.05, 4.69) is 5.32 Å². The van der Waals surface area contributed by atoms with Crippen molar-refractivity contribution >= 4 is 23.9 Å². The van der Waals surface area contributed by atoms with E-state index >= 15 is 0 Å². The highest BCUT2D eigenvalue weighted by Crippen LogP contribution is 2.18. The van der Waals surface area contributed by atoms with E-state index in [1.165, 1.54) is 18.2 Å². The molecule has 25 heavy (non-hydrogen) atoms. The molecule has 10 heteroatoms. The van der Waals surface area contributed by atoms with Crippen molar-refractivity contribution in [3.8, 4) is 0 Å². The number of amides is 2. The molecule has 0 radical (unpaired) electrons. The molecule has 9 nitrogen and oxygen atoms in total. The monoisotopic (exact) mass is 356 g/mol. The van der Waals surface area contributed by atoms with Gasteiger partial charge in [-0.15, -0.1) is 0 Å². The number of hydrogen-bond acceptors (Lipinski definition) is 4. The maximum Gasteiger partial charge on any atom is 0.326 e. The van der Waals surface area contributed by atoms with Gasteiger partial charge in [0.05, 0.1) is 0 Å². The molecule has 0 spiro atoms. The van der Waals surface area contributed by atoms with Gasteiger partial charge in [0.2, 0.25) is 0 Å². The molecule has 5 N–H and O–H groups in total. The number of urea groups is 1. The van der Waals surface area contributed by atoms with E-state index in [1.807, 2.05) is 5.32 Å². The third kappa shape index (κ3) is 6.45. The third-order valence-electron chi connectivity index (χ3n) is 3.30. The van der Waals surface area contributed by atoms with Crippen molar-refractivity contribution in [1.82, 2.24) is 10.6 Å². The smallest absolute Gasteiger partial charge is 0.326 e. The summed E-state index contributed by atoms with van der Waals surface area (Å²) < 4.78 is 13.7. The van der Waals surface area contributed by atoms with Crippen LogP contribution < -0.4 is 10.6 Å². The van der Waals surface area contributed by atoms with Crippen LogP contribution >= 0.6 is 0 Å². The first-order chi connectivity index (χ1) is 11.7. The van der Waals surface area contributed by atoms with Gasteiger partial charge in [-0.25, -0.2) is 14.0 Å². The summed E-state index contributed by atoms with van der Waals surface area (Å²) in [7, 11) is 0. The Morgan fingerprint density at radius 1 is 1.04 bits per heavy atom. The first-order valence-electron chi connectivity index (χ1n) is 7.18. The zero-order valence-electron chi connectivity index (χ0n) is 12.9. The minimum Gasteiger partial charge on any atom is -0.481 e. The number of carbonyl (C=O) groups excluding carboxylic acids is 1. The van der Waals surface area contributed by atoms with Gasteiger partial charge < -0.3 is 26.0 Å². The standard InChI is InChI=1S/C15H17FN2O7/c16-10-4-2-1-3-8(10)9(13(21)22)7-17-15(25)18-11(14(23)24)5-6-12(19)20/h1-4,9,11H,5-7H2,(H,19,20)(H,21,22)(H,23,24)(H2,17,18,25). The summed E-state index contributed by atoms with van der Waals surface area (Å²) >= 11 is 0. The second kappa shape index (κ2) is 9.21. The van der Waals surface area contributed by atoms with Crippen molar-refractivity contribution in [3.05, 3.63) is 35.6 Å². The average molecular weight is 356 g/mol. The molecule has 0 aliphatic carbocycles. The third-order valence-corrected chi connectivity index (χ3v) is 3.30. The van der Waals surface area contributed by atoms with E-state index in [0.29, 0.717) is 0 Å². The number of aliphatic carboxylic acids is 3. The topological polar surface area (TPSA) is 153 Å². The van der Waals surface area contributed by atoms with Gasteiger partial charge in [0.1, 0.15) is 17.8 Å². The van der Waals surface area contributed by atoms with Crippen LogP contribution in [0.25, 0.3) is 0 Å². The lowest BCUT2D eigenvalue weighted by atomic mass is 9.99. The predicted molar refractivity (Wildman–Crippen MR) is 81.6 cm³/mol. The Bertz CT molecular complexity index is 665. The lowest BCUT2D eigenvalue weighted by Gasteiger charge is -2.17. The fraction of sp³-hybridized carbons (Fsp3) is 0.333. The molecular weight excluding hydrogens is 339 g/mol. The number of carboxylic acids is 3. The Balaban J connectivity index is 2.68. The average Bonchev–Trinajstić information content (AvgIpc) is 2.52. The highest BCUT2D eigenvalue weighted by atomic mass is 19.1. The van der Waals surface area contributed by atoms with Crippen LogP contribution in [0.15, 0.2) is 24.3 Å². The molecule has 1 rings (SSSR count). The van der Waals surface area contributed by atoms with E-state index < -0.39 is 54.7 Å². The second-order valence-corrected chi connectivity index (χ2v) is 5.09. The number of carboxylic acid groups (broad SMARTS) is 3. The van der Waals surface area contributed by atoms with Crippen molar-refractivity contribution in [3.63, 3.8) is 0 Å². The summed E-state index contributed by atoms with van der Waals surface area (Å²) in [6.07, 6.45) is -0.808. The SMILES string of the molecule is O=C(O)CCC(NC(=O)NCC(C(=O)O)c1ccccc1F)C(=O)O. The molecule has 0 aliphatic rings. The van der Waals surface area contributed by atoms with Crippen LogP contribution in [0, 0.1) is 5.82 Å². The minimum atomic E-state index is -1.45. The van der Waals surface area contributed by atoms with Crippen LogP contribution in [0.2, 0.25) is 0 Å². The summed E-state index contributed by atoms with van der Waals surface area (Å²) in [6.45, 7) is -0.479. The zero-order chi connectivity index (χ0) is 19.0. The van der Waals surface area contributed by atoms with Gasteiger partial charge in [-0.3, -0.25) is 9.59 Å². The molecule has 1 aromatic rings. The number of rotatable bonds is 9. The van der Waals surface area contributed by atoms with Crippen LogP contribution in [-0.4, -0.2) is 51.8 Å². The molecule has 0 heterocycles. The van der Waals surface area contributed by atoms with E-state index in [-0.39, 0.29) is 12.0 Å². The van der Waals surface area contributed by atoms with Crippen LogP contribution in [-0.2, 0) is 14.4 Å². The first-order valence-corrected chi connectivity index (χ1v) is 7.18. The van der Waals surface area contributed by atoms with E-state index in [1.54, 1.807) is 0 Å². The largest absolute Gasteiger partial charge is 0.481 e. The highest BCUT2D eigenvalue weighted by Gasteiger charge is 2.25. The number of hydrogen-bond donors (Lipinski definition) is 5. The lowest BCUT2D eigenvalue weighted by Crippen LogP contribution is -2.47. The fourth-order valence-corrected chi connectivity index (χ4v) is 2.02. The molecular formula is C15H17FN2O7. The Kier molecular flexibility index (Phi) is 7.32. The molecule has 0 bridgehead atoms. The lowest BCUT2D eigenvalue weighted by molar-refractivity contribution is -0.141. The minimum absolute atomic E-state index is 0.129. The second-order valence-electron chi connectivity index (χ2n) is 5.09. The number of halogens is 1. The van der Waals surface area contributed by atoms with Crippen molar-refractivity contribution in [1.29, 1.82) is 0 Å². The summed E-state index contributed by atoms with van der Waals surface area (Å²) in [5.41, 5.74) is -0.129. The fourth-order valence-electron chi connectivity index (χ4n) is 2.02. The van der Waals surface area contributed by atoms with Gasteiger partial charge in [0.25, 0.3) is 0 Å². The maximum absolute atomic E-state index is 13.7. The highest BCUT2D eigenvalue weighted by molar-refractivity contribution is 5.84. The predicted octanol–water partition coefficient (Wildman–Crippen LogP) is 0.611. The van der Waals surface area contributed by atoms with Crippen LogP contribution in [0.5, 0.6) is 0 Å². The molecule has 1 aromatic carbocycles. The Labute approximate surface area is 141 Å². The van der Waals surface area contributed by atoms with Gasteiger partial charge >= 0.3 is 23.9 Å². The molecule has 136 valence electrons. The molecule has 0 fully saturated rings. The molecule has 0 aromatic heterocycles. The van der Waals surface area contributed by atoms with Gasteiger partial charge in [0, 0.05) is 18.5 Å². The normalized spacial score (nSPS) is 12.7. The Morgan fingerprint density at radius 2 is 1.68 bits per heavy atom.